The van der Waals surface area contributed by atoms with Gasteiger partial charge in [-0.15, -0.1) is 0 Å². The first-order chi connectivity index (χ1) is 12.4. The Balaban J connectivity index is 2.03. The van der Waals surface area contributed by atoms with E-state index in [1.54, 1.807) is 19.2 Å². The first-order valence-electron chi connectivity index (χ1n) is 8.12. The van der Waals surface area contributed by atoms with Gasteiger partial charge in [0.15, 0.2) is 0 Å². The Morgan fingerprint density at radius 2 is 2.08 bits per heavy atom. The summed E-state index contributed by atoms with van der Waals surface area (Å²) in [5.41, 5.74) is 1.39. The molecule has 0 spiro atoms. The SMILES string of the molecule is COc1cccc(C(CNC(=O)/C=C/c2cc(Br)ccc2F)N(C)C)c1. The lowest BCUT2D eigenvalue weighted by atomic mass is 10.1. The fourth-order valence-electron chi connectivity index (χ4n) is 2.51. The molecule has 1 unspecified atom stereocenters. The van der Waals surface area contributed by atoms with Crippen LogP contribution in [0.2, 0.25) is 0 Å². The highest BCUT2D eigenvalue weighted by Crippen LogP contribution is 2.22. The van der Waals surface area contributed by atoms with Gasteiger partial charge in [0.05, 0.1) is 13.2 Å². The van der Waals surface area contributed by atoms with Crippen molar-refractivity contribution in [3.8, 4) is 5.75 Å². The minimum Gasteiger partial charge on any atom is -0.497 e. The Morgan fingerprint density at radius 3 is 2.77 bits per heavy atom. The van der Waals surface area contributed by atoms with Gasteiger partial charge in [-0.2, -0.15) is 0 Å². The number of benzene rings is 2. The Labute approximate surface area is 161 Å². The van der Waals surface area contributed by atoms with Crippen LogP contribution in [-0.4, -0.2) is 38.6 Å². The van der Waals surface area contributed by atoms with Gasteiger partial charge in [-0.1, -0.05) is 28.1 Å². The molecule has 0 aliphatic rings. The molecule has 0 bridgehead atoms. The average Bonchev–Trinajstić information content (AvgIpc) is 2.62. The quantitative estimate of drug-likeness (QED) is 0.687. The maximum Gasteiger partial charge on any atom is 0.244 e. The Bertz CT molecular complexity index is 793. The molecule has 0 aliphatic carbocycles. The smallest absolute Gasteiger partial charge is 0.244 e. The molecule has 6 heteroatoms. The average molecular weight is 421 g/mol. The van der Waals surface area contributed by atoms with Crippen molar-refractivity contribution in [1.82, 2.24) is 10.2 Å². The summed E-state index contributed by atoms with van der Waals surface area (Å²) in [6, 6.07) is 12.3. The van der Waals surface area contributed by atoms with Crippen molar-refractivity contribution in [2.24, 2.45) is 0 Å². The third kappa shape index (κ3) is 5.68. The highest BCUT2D eigenvalue weighted by Gasteiger charge is 2.15. The van der Waals surface area contributed by atoms with Gasteiger partial charge in [-0.25, -0.2) is 4.39 Å². The number of nitrogens with zero attached hydrogens (tertiary/aromatic N) is 1. The highest BCUT2D eigenvalue weighted by molar-refractivity contribution is 9.10. The summed E-state index contributed by atoms with van der Waals surface area (Å²) in [6.07, 6.45) is 2.80. The summed E-state index contributed by atoms with van der Waals surface area (Å²) >= 11 is 3.29. The van der Waals surface area contributed by atoms with Gasteiger partial charge in [0.25, 0.3) is 0 Å². The van der Waals surface area contributed by atoms with Crippen molar-refractivity contribution in [2.75, 3.05) is 27.7 Å². The fraction of sp³-hybridized carbons (Fsp3) is 0.250. The third-order valence-electron chi connectivity index (χ3n) is 3.94. The molecule has 138 valence electrons. The number of amides is 1. The fourth-order valence-corrected chi connectivity index (χ4v) is 2.89. The van der Waals surface area contributed by atoms with Crippen LogP contribution in [0, 0.1) is 5.82 Å². The number of ether oxygens (including phenoxy) is 1. The van der Waals surface area contributed by atoms with E-state index in [4.69, 9.17) is 4.74 Å². The van der Waals surface area contributed by atoms with Gasteiger partial charge in [0.1, 0.15) is 11.6 Å². The van der Waals surface area contributed by atoms with Crippen molar-refractivity contribution < 1.29 is 13.9 Å². The number of nitrogens with one attached hydrogen (secondary N) is 1. The Kier molecular flexibility index (Phi) is 7.36. The van der Waals surface area contributed by atoms with Crippen molar-refractivity contribution in [2.45, 2.75) is 6.04 Å². The molecule has 2 aromatic rings. The molecule has 0 heterocycles. The number of likely N-dealkylation sites (N-methyl/N-ethyl adjacent to an activating group) is 1. The maximum absolute atomic E-state index is 13.7. The Morgan fingerprint density at radius 1 is 1.31 bits per heavy atom. The monoisotopic (exact) mass is 420 g/mol. The van der Waals surface area contributed by atoms with E-state index in [-0.39, 0.29) is 17.8 Å². The molecule has 0 saturated carbocycles. The van der Waals surface area contributed by atoms with Crippen LogP contribution in [0.25, 0.3) is 6.08 Å². The number of hydrogen-bond donors (Lipinski definition) is 1. The summed E-state index contributed by atoms with van der Waals surface area (Å²) in [4.78, 5) is 14.1. The number of halogens is 2. The zero-order chi connectivity index (χ0) is 19.1. The number of carbonyl (C=O) groups is 1. The number of hydrogen-bond acceptors (Lipinski definition) is 3. The molecule has 1 amide bonds. The van der Waals surface area contributed by atoms with Gasteiger partial charge >= 0.3 is 0 Å². The van der Waals surface area contributed by atoms with Crippen LogP contribution in [-0.2, 0) is 4.79 Å². The van der Waals surface area contributed by atoms with Crippen LogP contribution < -0.4 is 10.1 Å². The molecule has 26 heavy (non-hydrogen) atoms. The molecule has 1 N–H and O–H groups in total. The van der Waals surface area contributed by atoms with Crippen molar-refractivity contribution in [3.05, 3.63) is 70.0 Å². The first kappa shape index (κ1) is 20.1. The van der Waals surface area contributed by atoms with Crippen LogP contribution in [0.5, 0.6) is 5.75 Å². The second-order valence-corrected chi connectivity index (χ2v) is 6.92. The summed E-state index contributed by atoms with van der Waals surface area (Å²) in [5, 5.41) is 2.86. The van der Waals surface area contributed by atoms with Crippen molar-refractivity contribution >= 4 is 27.9 Å². The summed E-state index contributed by atoms with van der Waals surface area (Å²) in [6.45, 7) is 0.421. The largest absolute Gasteiger partial charge is 0.497 e. The molecule has 0 aromatic heterocycles. The maximum atomic E-state index is 13.7. The normalized spacial score (nSPS) is 12.4. The lowest BCUT2D eigenvalue weighted by Gasteiger charge is -2.25. The summed E-state index contributed by atoms with van der Waals surface area (Å²) < 4.78 is 19.7. The van der Waals surface area contributed by atoms with E-state index in [9.17, 15) is 9.18 Å². The minimum absolute atomic E-state index is 0.00921. The Hall–Kier alpha value is -2.18. The molecule has 0 aliphatic heterocycles. The molecule has 4 nitrogen and oxygen atoms in total. The lowest BCUT2D eigenvalue weighted by Crippen LogP contribution is -2.33. The summed E-state index contributed by atoms with van der Waals surface area (Å²) in [5.74, 6) is 0.115. The minimum atomic E-state index is -0.375. The van der Waals surface area contributed by atoms with E-state index in [0.29, 0.717) is 12.1 Å². The predicted octanol–water partition coefficient (Wildman–Crippen LogP) is 4.03. The van der Waals surface area contributed by atoms with E-state index in [0.717, 1.165) is 15.8 Å². The molecule has 0 fully saturated rings. The van der Waals surface area contributed by atoms with Crippen LogP contribution >= 0.6 is 15.9 Å². The molecule has 2 rings (SSSR count). The molecule has 0 saturated heterocycles. The second kappa shape index (κ2) is 9.50. The zero-order valence-corrected chi connectivity index (χ0v) is 16.6. The lowest BCUT2D eigenvalue weighted by molar-refractivity contribution is -0.116. The van der Waals surface area contributed by atoms with Gasteiger partial charge in [0.2, 0.25) is 5.91 Å². The van der Waals surface area contributed by atoms with Crippen LogP contribution in [0.15, 0.2) is 53.0 Å². The molecular weight excluding hydrogens is 399 g/mol. The van der Waals surface area contributed by atoms with Crippen LogP contribution in [0.3, 0.4) is 0 Å². The molecule has 2 aromatic carbocycles. The topological polar surface area (TPSA) is 41.6 Å². The van der Waals surface area contributed by atoms with Crippen LogP contribution in [0.4, 0.5) is 4.39 Å². The highest BCUT2D eigenvalue weighted by atomic mass is 79.9. The summed E-state index contributed by atoms with van der Waals surface area (Å²) in [7, 11) is 5.52. The molecular formula is C20H22BrFN2O2. The molecule has 1 atom stereocenters. The molecule has 0 radical (unpaired) electrons. The first-order valence-corrected chi connectivity index (χ1v) is 8.91. The number of methoxy groups -OCH3 is 1. The van der Waals surface area contributed by atoms with Crippen molar-refractivity contribution in [1.29, 1.82) is 0 Å². The second-order valence-electron chi connectivity index (χ2n) is 6.00. The van der Waals surface area contributed by atoms with Gasteiger partial charge < -0.3 is 15.0 Å². The number of rotatable bonds is 7. The predicted molar refractivity (Wildman–Crippen MR) is 106 cm³/mol. The van der Waals surface area contributed by atoms with Gasteiger partial charge in [-0.3, -0.25) is 4.79 Å². The third-order valence-corrected chi connectivity index (χ3v) is 4.44. The van der Waals surface area contributed by atoms with Gasteiger partial charge in [0, 0.05) is 22.7 Å². The van der Waals surface area contributed by atoms with E-state index < -0.39 is 0 Å². The van der Waals surface area contributed by atoms with Crippen molar-refractivity contribution in [3.63, 3.8) is 0 Å². The van der Waals surface area contributed by atoms with Gasteiger partial charge in [-0.05, 0) is 56.1 Å². The zero-order valence-electron chi connectivity index (χ0n) is 15.0. The van der Waals surface area contributed by atoms with Crippen LogP contribution in [0.1, 0.15) is 17.2 Å². The van der Waals surface area contributed by atoms with E-state index in [1.807, 2.05) is 43.3 Å². The van der Waals surface area contributed by atoms with E-state index >= 15 is 0 Å². The standard InChI is InChI=1S/C20H22BrFN2O2/c1-24(2)19(15-5-4-6-17(12-15)26-3)13-23-20(25)10-7-14-11-16(21)8-9-18(14)22/h4-12,19H,13H2,1-3H3,(H,23,25)/b10-7+. The number of carbonyl (C=O) groups excluding carboxylic acids is 1. The van der Waals surface area contributed by atoms with E-state index in [1.165, 1.54) is 18.2 Å². The van der Waals surface area contributed by atoms with E-state index in [2.05, 4.69) is 21.2 Å².